The average Bonchev–Trinajstić information content (AvgIpc) is 2.55. The zero-order valence-electron chi connectivity index (χ0n) is 13.6. The summed E-state index contributed by atoms with van der Waals surface area (Å²) in [5.74, 6) is -1.00. The first-order chi connectivity index (χ1) is 11.5. The molecule has 0 unspecified atom stereocenters. The van der Waals surface area contributed by atoms with E-state index in [1.165, 1.54) is 0 Å². The third-order valence-electron chi connectivity index (χ3n) is 4.92. The summed E-state index contributed by atoms with van der Waals surface area (Å²) in [6.45, 7) is 3.27. The van der Waals surface area contributed by atoms with Gasteiger partial charge >= 0.3 is 5.97 Å². The number of imide groups is 1. The maximum atomic E-state index is 12.0. The van der Waals surface area contributed by atoms with E-state index in [0.29, 0.717) is 38.8 Å². The summed E-state index contributed by atoms with van der Waals surface area (Å²) in [4.78, 5) is 40.9. The predicted molar refractivity (Wildman–Crippen MR) is 86.7 cm³/mol. The summed E-state index contributed by atoms with van der Waals surface area (Å²) < 4.78 is 0. The fraction of sp³-hybridized carbons (Fsp3) is 0.529. The van der Waals surface area contributed by atoms with Crippen LogP contribution in [0.15, 0.2) is 12.3 Å². The molecule has 7 heteroatoms. The van der Waals surface area contributed by atoms with Crippen LogP contribution in [0.3, 0.4) is 0 Å². The van der Waals surface area contributed by atoms with Crippen LogP contribution in [0.5, 0.6) is 0 Å². The summed E-state index contributed by atoms with van der Waals surface area (Å²) in [7, 11) is 0. The highest BCUT2D eigenvalue weighted by Gasteiger charge is 2.30. The lowest BCUT2D eigenvalue weighted by Gasteiger charge is -2.31. The lowest BCUT2D eigenvalue weighted by molar-refractivity contribution is -0.142. The minimum atomic E-state index is -0.730. The maximum absolute atomic E-state index is 12.0. The van der Waals surface area contributed by atoms with Crippen molar-refractivity contribution in [3.63, 3.8) is 0 Å². The second-order valence-corrected chi connectivity index (χ2v) is 6.50. The molecule has 2 amide bonds. The minimum absolute atomic E-state index is 0.222. The minimum Gasteiger partial charge on any atom is -0.481 e. The summed E-state index contributed by atoms with van der Waals surface area (Å²) in [6, 6.07) is 1.94. The molecular weight excluding hydrogens is 310 g/mol. The third kappa shape index (κ3) is 3.25. The zero-order chi connectivity index (χ0) is 17.3. The second-order valence-electron chi connectivity index (χ2n) is 6.50. The van der Waals surface area contributed by atoms with Crippen molar-refractivity contribution in [1.82, 2.24) is 10.3 Å². The van der Waals surface area contributed by atoms with Gasteiger partial charge in [-0.1, -0.05) is 0 Å². The van der Waals surface area contributed by atoms with Gasteiger partial charge in [0, 0.05) is 25.7 Å². The van der Waals surface area contributed by atoms with Gasteiger partial charge in [0.15, 0.2) is 0 Å². The number of pyridine rings is 1. The van der Waals surface area contributed by atoms with Crippen LogP contribution in [-0.4, -0.2) is 41.0 Å². The van der Waals surface area contributed by atoms with Crippen LogP contribution < -0.4 is 10.2 Å². The number of aryl methyl sites for hydroxylation is 1. The van der Waals surface area contributed by atoms with Crippen molar-refractivity contribution in [1.29, 1.82) is 0 Å². The molecule has 24 heavy (non-hydrogen) atoms. The molecule has 2 saturated heterocycles. The van der Waals surface area contributed by atoms with Crippen molar-refractivity contribution in [2.24, 2.45) is 5.92 Å². The number of nitrogens with one attached hydrogen (secondary N) is 1. The number of hydrogen-bond acceptors (Lipinski definition) is 5. The van der Waals surface area contributed by atoms with Crippen LogP contribution in [0.1, 0.15) is 42.7 Å². The van der Waals surface area contributed by atoms with E-state index in [4.69, 9.17) is 5.11 Å². The Hall–Kier alpha value is -2.44. The Bertz CT molecular complexity index is 680. The lowest BCUT2D eigenvalue weighted by Crippen LogP contribution is -2.40. The fourth-order valence-corrected chi connectivity index (χ4v) is 3.44. The molecule has 2 aliphatic heterocycles. The highest BCUT2D eigenvalue weighted by Crippen LogP contribution is 2.29. The first-order valence-corrected chi connectivity index (χ1v) is 8.23. The van der Waals surface area contributed by atoms with Crippen molar-refractivity contribution in [2.75, 3.05) is 18.0 Å². The topological polar surface area (TPSA) is 99.6 Å². The summed E-state index contributed by atoms with van der Waals surface area (Å²) in [5.41, 5.74) is 1.82. The molecule has 7 nitrogen and oxygen atoms in total. The SMILES string of the molecule is Cc1cc(N2CCC(C(=O)O)CC2)ncc1[C@@H]1CCC(=O)NC1=O. The standard InChI is InChI=1S/C17H21N3O4/c1-10-8-14(20-6-4-11(5-7-20)17(23)24)18-9-13(10)12-2-3-15(21)19-16(12)22/h8-9,11-12H,2-7H2,1H3,(H,23,24)(H,19,21,22)/t12-/m0/s1. The number of carbonyl (C=O) groups excluding carboxylic acids is 2. The largest absolute Gasteiger partial charge is 0.481 e. The Morgan fingerprint density at radius 1 is 1.29 bits per heavy atom. The molecule has 2 N–H and O–H groups in total. The van der Waals surface area contributed by atoms with E-state index in [9.17, 15) is 14.4 Å². The molecule has 3 heterocycles. The van der Waals surface area contributed by atoms with E-state index in [0.717, 1.165) is 16.9 Å². The number of anilines is 1. The Balaban J connectivity index is 1.72. The monoisotopic (exact) mass is 331 g/mol. The molecule has 0 radical (unpaired) electrons. The molecule has 128 valence electrons. The number of carbonyl (C=O) groups is 3. The molecule has 1 aromatic rings. The number of nitrogens with zero attached hydrogens (tertiary/aromatic N) is 2. The maximum Gasteiger partial charge on any atom is 0.306 e. The molecule has 2 aliphatic rings. The number of piperidine rings is 2. The van der Waals surface area contributed by atoms with Crippen LogP contribution in [0.2, 0.25) is 0 Å². The van der Waals surface area contributed by atoms with E-state index in [1.807, 2.05) is 13.0 Å². The van der Waals surface area contributed by atoms with E-state index >= 15 is 0 Å². The molecule has 1 atom stereocenters. The molecule has 0 saturated carbocycles. The van der Waals surface area contributed by atoms with E-state index < -0.39 is 5.97 Å². The van der Waals surface area contributed by atoms with Crippen LogP contribution in [0.4, 0.5) is 5.82 Å². The Kier molecular flexibility index (Phi) is 4.51. The predicted octanol–water partition coefficient (Wildman–Crippen LogP) is 1.21. The third-order valence-corrected chi connectivity index (χ3v) is 4.92. The summed E-state index contributed by atoms with van der Waals surface area (Å²) in [5, 5.41) is 11.4. The van der Waals surface area contributed by atoms with Gasteiger partial charge in [-0.3, -0.25) is 19.7 Å². The van der Waals surface area contributed by atoms with E-state index in [-0.39, 0.29) is 23.7 Å². The van der Waals surface area contributed by atoms with Crippen LogP contribution in [0.25, 0.3) is 0 Å². The fourth-order valence-electron chi connectivity index (χ4n) is 3.44. The van der Waals surface area contributed by atoms with Gasteiger partial charge in [-0.05, 0) is 43.4 Å². The quantitative estimate of drug-likeness (QED) is 0.808. The van der Waals surface area contributed by atoms with Crippen molar-refractivity contribution in [3.05, 3.63) is 23.4 Å². The van der Waals surface area contributed by atoms with Gasteiger partial charge in [0.25, 0.3) is 0 Å². The normalized spacial score (nSPS) is 22.4. The van der Waals surface area contributed by atoms with Gasteiger partial charge in [0.1, 0.15) is 5.82 Å². The Morgan fingerprint density at radius 2 is 2.00 bits per heavy atom. The lowest BCUT2D eigenvalue weighted by atomic mass is 9.89. The number of aliphatic carboxylic acids is 1. The number of carboxylic acids is 1. The smallest absolute Gasteiger partial charge is 0.306 e. The van der Waals surface area contributed by atoms with Crippen LogP contribution in [-0.2, 0) is 14.4 Å². The van der Waals surface area contributed by atoms with E-state index in [1.54, 1.807) is 6.20 Å². The van der Waals surface area contributed by atoms with Crippen molar-refractivity contribution in [3.8, 4) is 0 Å². The van der Waals surface area contributed by atoms with Crippen molar-refractivity contribution in [2.45, 2.75) is 38.5 Å². The Morgan fingerprint density at radius 3 is 2.58 bits per heavy atom. The first kappa shape index (κ1) is 16.4. The van der Waals surface area contributed by atoms with E-state index in [2.05, 4.69) is 15.2 Å². The number of carboxylic acid groups (broad SMARTS) is 1. The molecule has 1 aromatic heterocycles. The molecule has 2 fully saturated rings. The van der Waals surface area contributed by atoms with Crippen LogP contribution in [0, 0.1) is 12.8 Å². The molecular formula is C17H21N3O4. The molecule has 0 aliphatic carbocycles. The molecule has 0 aromatic carbocycles. The number of rotatable bonds is 3. The number of aromatic nitrogens is 1. The van der Waals surface area contributed by atoms with Gasteiger partial charge in [0.05, 0.1) is 11.8 Å². The number of amides is 2. The zero-order valence-corrected chi connectivity index (χ0v) is 13.6. The highest BCUT2D eigenvalue weighted by molar-refractivity contribution is 6.01. The second kappa shape index (κ2) is 6.59. The number of hydrogen-bond donors (Lipinski definition) is 2. The summed E-state index contributed by atoms with van der Waals surface area (Å²) in [6.07, 6.45) is 3.81. The molecule has 0 spiro atoms. The van der Waals surface area contributed by atoms with Gasteiger partial charge in [-0.2, -0.15) is 0 Å². The summed E-state index contributed by atoms with van der Waals surface area (Å²) >= 11 is 0. The average molecular weight is 331 g/mol. The molecule has 3 rings (SSSR count). The van der Waals surface area contributed by atoms with Gasteiger partial charge in [-0.15, -0.1) is 0 Å². The highest BCUT2D eigenvalue weighted by atomic mass is 16.4. The van der Waals surface area contributed by atoms with Gasteiger partial charge < -0.3 is 10.0 Å². The first-order valence-electron chi connectivity index (χ1n) is 8.23. The van der Waals surface area contributed by atoms with Crippen molar-refractivity contribution < 1.29 is 19.5 Å². The molecule has 0 bridgehead atoms. The van der Waals surface area contributed by atoms with Gasteiger partial charge in [-0.25, -0.2) is 4.98 Å². The Labute approximate surface area is 140 Å². The van der Waals surface area contributed by atoms with Crippen molar-refractivity contribution >= 4 is 23.6 Å². The van der Waals surface area contributed by atoms with Crippen LogP contribution >= 0.6 is 0 Å². The van der Waals surface area contributed by atoms with Gasteiger partial charge in [0.2, 0.25) is 11.8 Å².